The predicted octanol–water partition coefficient (Wildman–Crippen LogP) is 12.8. The molecule has 276 valence electrons. The highest BCUT2D eigenvalue weighted by Gasteiger charge is 2.31. The van der Waals surface area contributed by atoms with Gasteiger partial charge in [0.25, 0.3) is 0 Å². The van der Waals surface area contributed by atoms with E-state index in [4.69, 9.17) is 9.72 Å². The highest BCUT2D eigenvalue weighted by Crippen LogP contribution is 2.47. The number of rotatable bonds is 9. The van der Waals surface area contributed by atoms with E-state index in [9.17, 15) is 5.26 Å². The van der Waals surface area contributed by atoms with Gasteiger partial charge in [-0.2, -0.15) is 5.26 Å². The number of para-hydroxylation sites is 3. The fourth-order valence-electron chi connectivity index (χ4n) is 8.09. The maximum Gasteiger partial charge on any atom is 0.137 e. The Labute approximate surface area is 325 Å². The van der Waals surface area contributed by atoms with Crippen LogP contribution < -0.4 is 14.5 Å². The predicted molar refractivity (Wildman–Crippen MR) is 228 cm³/mol. The van der Waals surface area contributed by atoms with Crippen LogP contribution in [0.3, 0.4) is 0 Å². The number of ether oxygens (including phenoxy) is 1. The van der Waals surface area contributed by atoms with Crippen molar-refractivity contribution >= 4 is 44.6 Å². The highest BCUT2D eigenvalue weighted by atomic mass is 16.5. The Hall–Kier alpha value is -6.06. The molecule has 1 aliphatic rings. The topological polar surface area (TPSA) is 57.3 Å². The van der Waals surface area contributed by atoms with Gasteiger partial charge in [-0.1, -0.05) is 78.8 Å². The maximum atomic E-state index is 9.96. The molecule has 6 nitrogen and oxygen atoms in total. The molecule has 55 heavy (non-hydrogen) atoms. The van der Waals surface area contributed by atoms with Crippen molar-refractivity contribution in [2.75, 3.05) is 16.5 Å². The third kappa shape index (κ3) is 6.92. The Morgan fingerprint density at radius 3 is 1.96 bits per heavy atom. The Balaban J connectivity index is 1.12. The number of hydrogen-bond acceptors (Lipinski definition) is 5. The number of benzene rings is 5. The Morgan fingerprint density at radius 2 is 1.31 bits per heavy atom. The van der Waals surface area contributed by atoms with Gasteiger partial charge < -0.3 is 14.5 Å². The van der Waals surface area contributed by atoms with Gasteiger partial charge >= 0.3 is 0 Å². The first-order chi connectivity index (χ1) is 26.5. The number of nitriles is 1. The summed E-state index contributed by atoms with van der Waals surface area (Å²) in [6.45, 7) is 16.4. The lowest BCUT2D eigenvalue weighted by molar-refractivity contribution is 0.483. The van der Waals surface area contributed by atoms with Crippen molar-refractivity contribution in [3.8, 4) is 23.4 Å². The SMILES string of the molecule is CC(C)Cc1cc(C#N)cc(CC(C)C)c1N1CN(c2ccc(Oc3ccc4c5ccccc5n(-c5cc(C(C)(C)C)ccn5)c4c3)cc2)c2ccccc21. The summed E-state index contributed by atoms with van der Waals surface area (Å²) < 4.78 is 8.82. The monoisotopic (exact) mass is 723 g/mol. The van der Waals surface area contributed by atoms with Gasteiger partial charge in [0.05, 0.1) is 34.0 Å². The van der Waals surface area contributed by atoms with Crippen LogP contribution in [0.5, 0.6) is 11.5 Å². The van der Waals surface area contributed by atoms with Crippen molar-refractivity contribution in [3.63, 3.8) is 0 Å². The van der Waals surface area contributed by atoms with Gasteiger partial charge in [-0.05, 0) is 126 Å². The van der Waals surface area contributed by atoms with Gasteiger partial charge in [0.1, 0.15) is 24.0 Å². The third-order valence-electron chi connectivity index (χ3n) is 10.5. The van der Waals surface area contributed by atoms with E-state index in [0.29, 0.717) is 18.5 Å². The summed E-state index contributed by atoms with van der Waals surface area (Å²) in [7, 11) is 0. The number of aromatic nitrogens is 2. The van der Waals surface area contributed by atoms with E-state index >= 15 is 0 Å². The highest BCUT2D eigenvalue weighted by molar-refractivity contribution is 6.09. The van der Waals surface area contributed by atoms with Crippen LogP contribution in [0.2, 0.25) is 0 Å². The van der Waals surface area contributed by atoms with Crippen molar-refractivity contribution in [2.24, 2.45) is 11.8 Å². The molecular weight excluding hydrogens is 675 g/mol. The van der Waals surface area contributed by atoms with E-state index in [1.54, 1.807) is 0 Å². The van der Waals surface area contributed by atoms with E-state index in [2.05, 4.69) is 184 Å². The average Bonchev–Trinajstić information content (AvgIpc) is 3.70. The molecule has 2 aromatic heterocycles. The van der Waals surface area contributed by atoms with E-state index in [1.165, 1.54) is 33.5 Å². The molecule has 0 fully saturated rings. The quantitative estimate of drug-likeness (QED) is 0.148. The van der Waals surface area contributed by atoms with Crippen LogP contribution in [-0.2, 0) is 18.3 Å². The fourth-order valence-corrected chi connectivity index (χ4v) is 8.09. The molecule has 1 aliphatic heterocycles. The first-order valence-electron chi connectivity index (χ1n) is 19.5. The molecule has 7 aromatic rings. The molecule has 0 bridgehead atoms. The van der Waals surface area contributed by atoms with Crippen molar-refractivity contribution < 1.29 is 4.74 Å². The Bertz CT molecular complexity index is 2540. The van der Waals surface area contributed by atoms with Gasteiger partial charge in [-0.15, -0.1) is 0 Å². The van der Waals surface area contributed by atoms with Gasteiger partial charge in [-0.25, -0.2) is 4.98 Å². The molecule has 8 rings (SSSR count). The zero-order valence-electron chi connectivity index (χ0n) is 33.0. The van der Waals surface area contributed by atoms with Gasteiger partial charge in [0.2, 0.25) is 0 Å². The molecule has 0 radical (unpaired) electrons. The van der Waals surface area contributed by atoms with Crippen molar-refractivity contribution in [3.05, 3.63) is 144 Å². The molecule has 6 heteroatoms. The normalized spacial score (nSPS) is 12.9. The Morgan fingerprint density at radius 1 is 0.691 bits per heavy atom. The summed E-state index contributed by atoms with van der Waals surface area (Å²) in [6, 6.07) is 42.9. The molecule has 0 unspecified atom stereocenters. The second-order valence-corrected chi connectivity index (χ2v) is 16.7. The second kappa shape index (κ2) is 14.3. The van der Waals surface area contributed by atoms with Crippen LogP contribution in [0.1, 0.15) is 70.7 Å². The molecule has 0 amide bonds. The molecule has 0 saturated carbocycles. The standard InChI is InChI=1S/C49H49N5O/c1-32(2)24-35-26-34(30-50)27-36(25-33(3)4)48(35)53-31-52(44-14-10-11-15-45(44)53)38-16-18-39(19-17-38)55-40-20-21-42-41-12-8-9-13-43(41)54(46(42)29-40)47-28-37(22-23-51-47)49(5,6)7/h8-23,26-29,32-33H,24-25,31H2,1-7H3. The number of pyridine rings is 1. The average molecular weight is 724 g/mol. The van der Waals surface area contributed by atoms with Crippen LogP contribution in [-0.4, -0.2) is 16.2 Å². The molecule has 0 N–H and O–H groups in total. The summed E-state index contributed by atoms with van der Waals surface area (Å²) in [5.74, 6) is 3.36. The van der Waals surface area contributed by atoms with Crippen molar-refractivity contribution in [2.45, 2.75) is 66.7 Å². The zero-order valence-corrected chi connectivity index (χ0v) is 33.0. The van der Waals surface area contributed by atoms with Gasteiger partial charge in [0.15, 0.2) is 0 Å². The van der Waals surface area contributed by atoms with Gasteiger partial charge in [-0.3, -0.25) is 4.57 Å². The van der Waals surface area contributed by atoms with Crippen LogP contribution in [0.25, 0.3) is 27.6 Å². The fraction of sp³-hybridized carbons (Fsp3) is 0.265. The molecule has 0 saturated heterocycles. The van der Waals surface area contributed by atoms with E-state index in [0.717, 1.165) is 63.5 Å². The number of nitrogens with zero attached hydrogens (tertiary/aromatic N) is 5. The second-order valence-electron chi connectivity index (χ2n) is 16.7. The lowest BCUT2D eigenvalue weighted by Gasteiger charge is -2.28. The smallest absolute Gasteiger partial charge is 0.137 e. The van der Waals surface area contributed by atoms with Crippen molar-refractivity contribution in [1.29, 1.82) is 5.26 Å². The van der Waals surface area contributed by atoms with Crippen LogP contribution in [0.15, 0.2) is 121 Å². The lowest BCUT2D eigenvalue weighted by atomic mass is 9.88. The number of anilines is 4. The first kappa shape index (κ1) is 35.9. The van der Waals surface area contributed by atoms with E-state index < -0.39 is 0 Å². The first-order valence-corrected chi connectivity index (χ1v) is 19.5. The molecule has 0 aliphatic carbocycles. The minimum absolute atomic E-state index is 0.00333. The summed E-state index contributed by atoms with van der Waals surface area (Å²) in [5.41, 5.74) is 11.3. The zero-order chi connectivity index (χ0) is 38.4. The summed E-state index contributed by atoms with van der Waals surface area (Å²) >= 11 is 0. The van der Waals surface area contributed by atoms with Crippen molar-refractivity contribution in [1.82, 2.24) is 9.55 Å². The minimum Gasteiger partial charge on any atom is -0.457 e. The largest absolute Gasteiger partial charge is 0.457 e. The Kier molecular flexibility index (Phi) is 9.35. The minimum atomic E-state index is 0.00333. The lowest BCUT2D eigenvalue weighted by Crippen LogP contribution is -2.26. The molecule has 0 spiro atoms. The summed E-state index contributed by atoms with van der Waals surface area (Å²) in [5, 5.41) is 12.3. The van der Waals surface area contributed by atoms with E-state index in [-0.39, 0.29) is 5.41 Å². The van der Waals surface area contributed by atoms with Crippen LogP contribution >= 0.6 is 0 Å². The maximum absolute atomic E-state index is 9.96. The van der Waals surface area contributed by atoms with E-state index in [1.807, 2.05) is 6.20 Å². The molecule has 5 aromatic carbocycles. The molecular formula is C49H49N5O. The number of fused-ring (bicyclic) bond motifs is 4. The van der Waals surface area contributed by atoms with Crippen LogP contribution in [0, 0.1) is 23.2 Å². The van der Waals surface area contributed by atoms with Crippen LogP contribution in [0.4, 0.5) is 22.7 Å². The molecule has 3 heterocycles. The number of hydrogen-bond donors (Lipinski definition) is 0. The third-order valence-corrected chi connectivity index (χ3v) is 10.5. The summed E-state index contributed by atoms with van der Waals surface area (Å²) in [6.07, 6.45) is 3.73. The summed E-state index contributed by atoms with van der Waals surface area (Å²) in [4.78, 5) is 9.67. The van der Waals surface area contributed by atoms with Gasteiger partial charge in [0, 0.05) is 34.4 Å². The molecule has 0 atom stereocenters.